The maximum absolute atomic E-state index is 5.36. The Hall–Kier alpha value is -0.500. The van der Waals surface area contributed by atoms with Crippen LogP contribution in [-0.2, 0) is 6.42 Å². The van der Waals surface area contributed by atoms with Crippen molar-refractivity contribution in [2.75, 3.05) is 7.11 Å². The topological polar surface area (TPSA) is 9.23 Å². The van der Waals surface area contributed by atoms with Crippen LogP contribution in [0.2, 0.25) is 0 Å². The van der Waals surface area contributed by atoms with Gasteiger partial charge in [0, 0.05) is 4.83 Å². The van der Waals surface area contributed by atoms with Gasteiger partial charge in [-0.2, -0.15) is 0 Å². The number of methoxy groups -OCH3 is 1. The molecule has 0 saturated carbocycles. The molecule has 1 atom stereocenters. The van der Waals surface area contributed by atoms with E-state index in [9.17, 15) is 0 Å². The molecule has 0 fully saturated rings. The molecular weight excluding hydrogens is 264 g/mol. The zero-order valence-electron chi connectivity index (χ0n) is 10.6. The Labute approximate surface area is 107 Å². The lowest BCUT2D eigenvalue weighted by molar-refractivity contribution is 0.370. The Morgan fingerprint density at radius 2 is 1.88 bits per heavy atom. The second-order valence-corrected chi connectivity index (χ2v) is 6.67. The van der Waals surface area contributed by atoms with E-state index in [1.807, 2.05) is 12.1 Å². The zero-order valence-corrected chi connectivity index (χ0v) is 12.2. The van der Waals surface area contributed by atoms with Crippen LogP contribution in [0.25, 0.3) is 0 Å². The van der Waals surface area contributed by atoms with Crippen molar-refractivity contribution in [2.45, 2.75) is 38.4 Å². The Morgan fingerprint density at radius 3 is 2.44 bits per heavy atom. The second-order valence-electron chi connectivity index (χ2n) is 5.38. The molecule has 0 bridgehead atoms. The Balaban J connectivity index is 2.65. The van der Waals surface area contributed by atoms with Crippen LogP contribution < -0.4 is 4.74 Å². The lowest BCUT2D eigenvalue weighted by Crippen LogP contribution is -2.15. The second kappa shape index (κ2) is 5.72. The van der Waals surface area contributed by atoms with Crippen LogP contribution in [0.1, 0.15) is 32.8 Å². The first kappa shape index (κ1) is 13.6. The van der Waals surface area contributed by atoms with Crippen LogP contribution in [0.5, 0.6) is 5.75 Å². The lowest BCUT2D eigenvalue weighted by Gasteiger charge is -2.22. The van der Waals surface area contributed by atoms with E-state index < -0.39 is 0 Å². The minimum absolute atomic E-state index is 0.357. The molecule has 0 radical (unpaired) electrons. The fraction of sp³-hybridized carbons (Fsp3) is 0.571. The molecule has 0 aromatic heterocycles. The average Bonchev–Trinajstić information content (AvgIpc) is 2.15. The first-order valence-corrected chi connectivity index (χ1v) is 6.60. The van der Waals surface area contributed by atoms with E-state index in [0.29, 0.717) is 10.2 Å². The fourth-order valence-electron chi connectivity index (χ4n) is 1.85. The van der Waals surface area contributed by atoms with E-state index >= 15 is 0 Å². The summed E-state index contributed by atoms with van der Waals surface area (Å²) >= 11 is 3.76. The smallest absolute Gasteiger partial charge is 0.122 e. The molecule has 0 saturated heterocycles. The molecule has 1 nitrogen and oxygen atoms in total. The van der Waals surface area contributed by atoms with Crippen molar-refractivity contribution in [3.63, 3.8) is 0 Å². The van der Waals surface area contributed by atoms with Crippen LogP contribution in [0, 0.1) is 5.41 Å². The fourth-order valence-corrected chi connectivity index (χ4v) is 3.17. The molecule has 0 N–H and O–H groups in total. The van der Waals surface area contributed by atoms with Crippen molar-refractivity contribution in [1.82, 2.24) is 0 Å². The Bertz CT molecular complexity index is 328. The van der Waals surface area contributed by atoms with Crippen LogP contribution in [0.3, 0.4) is 0 Å². The maximum atomic E-state index is 5.36. The first-order valence-electron chi connectivity index (χ1n) is 5.68. The predicted octanol–water partition coefficient (Wildman–Crippen LogP) is 4.44. The van der Waals surface area contributed by atoms with Gasteiger partial charge in [0.2, 0.25) is 0 Å². The number of ether oxygens (including phenoxy) is 1. The summed E-state index contributed by atoms with van der Waals surface area (Å²) in [5.41, 5.74) is 1.63. The first-order chi connectivity index (χ1) is 7.42. The maximum Gasteiger partial charge on any atom is 0.122 e. The zero-order chi connectivity index (χ0) is 12.2. The molecule has 90 valence electrons. The highest BCUT2D eigenvalue weighted by molar-refractivity contribution is 9.09. The third kappa shape index (κ3) is 4.56. The van der Waals surface area contributed by atoms with E-state index in [4.69, 9.17) is 4.74 Å². The van der Waals surface area contributed by atoms with E-state index in [1.165, 1.54) is 5.56 Å². The van der Waals surface area contributed by atoms with Gasteiger partial charge in [-0.05, 0) is 29.9 Å². The SMILES string of the molecule is COc1ccccc1CC(Br)CC(C)(C)C. The molecule has 16 heavy (non-hydrogen) atoms. The standard InChI is InChI=1S/C14H21BrO/c1-14(2,3)10-12(15)9-11-7-5-6-8-13(11)16-4/h5-8,12H,9-10H2,1-4H3. The number of alkyl halides is 1. The van der Waals surface area contributed by atoms with Gasteiger partial charge in [-0.15, -0.1) is 0 Å². The van der Waals surface area contributed by atoms with E-state index in [0.717, 1.165) is 18.6 Å². The van der Waals surface area contributed by atoms with Gasteiger partial charge in [0.25, 0.3) is 0 Å². The molecule has 0 aliphatic rings. The molecule has 1 unspecified atom stereocenters. The van der Waals surface area contributed by atoms with Crippen molar-refractivity contribution < 1.29 is 4.74 Å². The van der Waals surface area contributed by atoms with Gasteiger partial charge in [-0.3, -0.25) is 0 Å². The Morgan fingerprint density at radius 1 is 1.25 bits per heavy atom. The lowest BCUT2D eigenvalue weighted by atomic mass is 9.89. The molecule has 1 rings (SSSR count). The third-order valence-electron chi connectivity index (χ3n) is 2.47. The molecular formula is C14H21BrO. The minimum atomic E-state index is 0.357. The van der Waals surface area contributed by atoms with Gasteiger partial charge < -0.3 is 4.74 Å². The predicted molar refractivity (Wildman–Crippen MR) is 73.5 cm³/mol. The molecule has 0 amide bonds. The van der Waals surface area contributed by atoms with Crippen LogP contribution in [-0.4, -0.2) is 11.9 Å². The van der Waals surface area contributed by atoms with E-state index in [2.05, 4.69) is 48.8 Å². The highest BCUT2D eigenvalue weighted by Gasteiger charge is 2.17. The van der Waals surface area contributed by atoms with Crippen LogP contribution in [0.4, 0.5) is 0 Å². The number of halogens is 1. The monoisotopic (exact) mass is 284 g/mol. The highest BCUT2D eigenvalue weighted by atomic mass is 79.9. The van der Waals surface area contributed by atoms with Gasteiger partial charge in [-0.25, -0.2) is 0 Å². The number of hydrogen-bond acceptors (Lipinski definition) is 1. The molecule has 2 heteroatoms. The molecule has 0 heterocycles. The summed E-state index contributed by atoms with van der Waals surface area (Å²) < 4.78 is 5.36. The van der Waals surface area contributed by atoms with Gasteiger partial charge >= 0.3 is 0 Å². The van der Waals surface area contributed by atoms with Crippen molar-refractivity contribution in [1.29, 1.82) is 0 Å². The number of para-hydroxylation sites is 1. The normalized spacial score (nSPS) is 13.6. The Kier molecular flexibility index (Phi) is 4.85. The summed E-state index contributed by atoms with van der Waals surface area (Å²) in [5, 5.41) is 0. The van der Waals surface area contributed by atoms with Crippen molar-refractivity contribution in [2.24, 2.45) is 5.41 Å². The van der Waals surface area contributed by atoms with Gasteiger partial charge in [0.1, 0.15) is 5.75 Å². The molecule has 0 aliphatic heterocycles. The van der Waals surface area contributed by atoms with Gasteiger partial charge in [0.05, 0.1) is 7.11 Å². The largest absolute Gasteiger partial charge is 0.496 e. The minimum Gasteiger partial charge on any atom is -0.496 e. The van der Waals surface area contributed by atoms with Crippen LogP contribution >= 0.6 is 15.9 Å². The van der Waals surface area contributed by atoms with E-state index in [-0.39, 0.29) is 0 Å². The molecule has 0 spiro atoms. The molecule has 1 aromatic carbocycles. The summed E-state index contributed by atoms with van der Waals surface area (Å²) in [6.07, 6.45) is 2.17. The number of rotatable bonds is 4. The van der Waals surface area contributed by atoms with Crippen molar-refractivity contribution in [3.05, 3.63) is 29.8 Å². The summed E-state index contributed by atoms with van der Waals surface area (Å²) in [6, 6.07) is 8.23. The van der Waals surface area contributed by atoms with Crippen LogP contribution in [0.15, 0.2) is 24.3 Å². The average molecular weight is 285 g/mol. The van der Waals surface area contributed by atoms with Crippen molar-refractivity contribution >= 4 is 15.9 Å². The number of benzene rings is 1. The number of hydrogen-bond donors (Lipinski definition) is 0. The summed E-state index contributed by atoms with van der Waals surface area (Å²) in [6.45, 7) is 6.80. The molecule has 1 aromatic rings. The summed E-state index contributed by atoms with van der Waals surface area (Å²) in [4.78, 5) is 0.504. The highest BCUT2D eigenvalue weighted by Crippen LogP contribution is 2.29. The van der Waals surface area contributed by atoms with E-state index in [1.54, 1.807) is 7.11 Å². The summed E-state index contributed by atoms with van der Waals surface area (Å²) in [7, 11) is 1.73. The van der Waals surface area contributed by atoms with Crippen molar-refractivity contribution in [3.8, 4) is 5.75 Å². The summed E-state index contributed by atoms with van der Waals surface area (Å²) in [5.74, 6) is 0.987. The quantitative estimate of drug-likeness (QED) is 0.743. The third-order valence-corrected chi connectivity index (χ3v) is 3.12. The van der Waals surface area contributed by atoms with Gasteiger partial charge in [-0.1, -0.05) is 54.9 Å². The van der Waals surface area contributed by atoms with Gasteiger partial charge in [0.15, 0.2) is 0 Å². The molecule has 0 aliphatic carbocycles.